The molecule has 154 valence electrons. The SMILES string of the molecule is O=C(Nc1ccc(Nc2ccccc2)cc1)c1csc(Nc2ccc3c(c2)OCO3)n1. The molecule has 0 radical (unpaired) electrons. The van der Waals surface area contributed by atoms with Crippen LogP contribution in [0, 0.1) is 0 Å². The van der Waals surface area contributed by atoms with Crippen molar-refractivity contribution in [2.24, 2.45) is 0 Å². The summed E-state index contributed by atoms with van der Waals surface area (Å²) in [5.74, 6) is 1.14. The van der Waals surface area contributed by atoms with E-state index in [1.807, 2.05) is 72.8 Å². The average molecular weight is 430 g/mol. The number of thiazole rings is 1. The predicted octanol–water partition coefficient (Wildman–Crippen LogP) is 5.61. The van der Waals surface area contributed by atoms with Crippen molar-refractivity contribution in [1.29, 1.82) is 0 Å². The Hall–Kier alpha value is -4.04. The smallest absolute Gasteiger partial charge is 0.275 e. The van der Waals surface area contributed by atoms with Crippen LogP contribution in [0.4, 0.5) is 27.9 Å². The first-order valence-corrected chi connectivity index (χ1v) is 10.5. The predicted molar refractivity (Wildman–Crippen MR) is 122 cm³/mol. The number of ether oxygens (including phenoxy) is 2. The summed E-state index contributed by atoms with van der Waals surface area (Å²) in [6.45, 7) is 0.226. The molecule has 1 aliphatic heterocycles. The van der Waals surface area contributed by atoms with E-state index in [-0.39, 0.29) is 12.7 Å². The molecule has 1 amide bonds. The van der Waals surface area contributed by atoms with E-state index in [1.165, 1.54) is 11.3 Å². The van der Waals surface area contributed by atoms with Crippen LogP contribution in [0.25, 0.3) is 0 Å². The van der Waals surface area contributed by atoms with Crippen molar-refractivity contribution in [1.82, 2.24) is 4.98 Å². The third-order valence-corrected chi connectivity index (χ3v) is 5.32. The summed E-state index contributed by atoms with van der Waals surface area (Å²) in [7, 11) is 0. The average Bonchev–Trinajstić information content (AvgIpc) is 3.45. The normalized spacial score (nSPS) is 11.7. The summed E-state index contributed by atoms with van der Waals surface area (Å²) in [5, 5.41) is 11.7. The van der Waals surface area contributed by atoms with Crippen LogP contribution in [0.2, 0.25) is 0 Å². The van der Waals surface area contributed by atoms with E-state index in [1.54, 1.807) is 5.38 Å². The van der Waals surface area contributed by atoms with Crippen molar-refractivity contribution >= 4 is 45.1 Å². The first kappa shape index (κ1) is 19.0. The Kier molecular flexibility index (Phi) is 5.12. The van der Waals surface area contributed by atoms with Crippen molar-refractivity contribution in [2.75, 3.05) is 22.7 Å². The van der Waals surface area contributed by atoms with Crippen LogP contribution in [-0.2, 0) is 0 Å². The van der Waals surface area contributed by atoms with Crippen molar-refractivity contribution in [3.05, 3.63) is 83.9 Å². The lowest BCUT2D eigenvalue weighted by Crippen LogP contribution is -2.12. The quantitative estimate of drug-likeness (QED) is 0.369. The van der Waals surface area contributed by atoms with Crippen LogP contribution in [0.3, 0.4) is 0 Å². The second kappa shape index (κ2) is 8.37. The minimum atomic E-state index is -0.265. The molecule has 0 bridgehead atoms. The number of hydrogen-bond acceptors (Lipinski definition) is 7. The lowest BCUT2D eigenvalue weighted by molar-refractivity contribution is 0.102. The Labute approximate surface area is 182 Å². The van der Waals surface area contributed by atoms with Gasteiger partial charge in [-0.15, -0.1) is 11.3 Å². The molecule has 0 saturated carbocycles. The number of nitrogens with zero attached hydrogens (tertiary/aromatic N) is 1. The first-order chi connectivity index (χ1) is 15.2. The van der Waals surface area contributed by atoms with Crippen molar-refractivity contribution in [3.8, 4) is 11.5 Å². The number of carbonyl (C=O) groups is 1. The topological polar surface area (TPSA) is 84.5 Å². The second-order valence-electron chi connectivity index (χ2n) is 6.75. The summed E-state index contributed by atoms with van der Waals surface area (Å²) < 4.78 is 10.7. The standard InChI is InChI=1S/C23H18N4O3S/c28-22(25-17-8-6-16(7-9-17)24-15-4-2-1-3-5-15)19-13-31-23(27-19)26-18-10-11-20-21(12-18)30-14-29-20/h1-13,24H,14H2,(H,25,28)(H,26,27). The Balaban J connectivity index is 1.20. The zero-order valence-electron chi connectivity index (χ0n) is 16.3. The number of anilines is 5. The summed E-state index contributed by atoms with van der Waals surface area (Å²) >= 11 is 1.36. The number of nitrogens with one attached hydrogen (secondary N) is 3. The van der Waals surface area contributed by atoms with E-state index in [9.17, 15) is 4.79 Å². The van der Waals surface area contributed by atoms with E-state index >= 15 is 0 Å². The maximum absolute atomic E-state index is 12.6. The molecular formula is C23H18N4O3S. The van der Waals surface area contributed by atoms with Gasteiger partial charge in [0.15, 0.2) is 16.6 Å². The third-order valence-electron chi connectivity index (χ3n) is 4.57. The summed E-state index contributed by atoms with van der Waals surface area (Å²) in [4.78, 5) is 16.9. The first-order valence-electron chi connectivity index (χ1n) is 9.59. The molecule has 5 rings (SSSR count). The van der Waals surface area contributed by atoms with Crippen LogP contribution in [0.5, 0.6) is 11.5 Å². The molecule has 3 N–H and O–H groups in total. The number of fused-ring (bicyclic) bond motifs is 1. The lowest BCUT2D eigenvalue weighted by Gasteiger charge is -2.08. The molecule has 4 aromatic rings. The van der Waals surface area contributed by atoms with E-state index in [0.717, 1.165) is 22.8 Å². The maximum atomic E-state index is 12.6. The zero-order valence-corrected chi connectivity index (χ0v) is 17.1. The van der Waals surface area contributed by atoms with Gasteiger partial charge >= 0.3 is 0 Å². The molecule has 0 aliphatic carbocycles. The van der Waals surface area contributed by atoms with Gasteiger partial charge in [0.1, 0.15) is 5.69 Å². The van der Waals surface area contributed by atoms with Gasteiger partial charge < -0.3 is 25.4 Å². The number of para-hydroxylation sites is 1. The number of benzene rings is 3. The minimum absolute atomic E-state index is 0.226. The highest BCUT2D eigenvalue weighted by Crippen LogP contribution is 2.35. The highest BCUT2D eigenvalue weighted by Gasteiger charge is 2.15. The monoisotopic (exact) mass is 430 g/mol. The summed E-state index contributed by atoms with van der Waals surface area (Å²) in [5.41, 5.74) is 3.80. The zero-order chi connectivity index (χ0) is 21.0. The van der Waals surface area contributed by atoms with E-state index < -0.39 is 0 Å². The van der Waals surface area contributed by atoms with E-state index in [2.05, 4.69) is 20.9 Å². The molecule has 1 aliphatic rings. The molecule has 31 heavy (non-hydrogen) atoms. The molecule has 0 saturated heterocycles. The van der Waals surface area contributed by atoms with Gasteiger partial charge in [0.25, 0.3) is 5.91 Å². The van der Waals surface area contributed by atoms with Gasteiger partial charge in [-0.1, -0.05) is 18.2 Å². The molecule has 1 aromatic heterocycles. The Bertz CT molecular complexity index is 1210. The number of rotatable bonds is 6. The number of carbonyl (C=O) groups excluding carboxylic acids is 1. The van der Waals surface area contributed by atoms with Crippen LogP contribution >= 0.6 is 11.3 Å². The van der Waals surface area contributed by atoms with Gasteiger partial charge in [0.2, 0.25) is 6.79 Å². The van der Waals surface area contributed by atoms with Crippen molar-refractivity contribution in [2.45, 2.75) is 0 Å². The molecular weight excluding hydrogens is 412 g/mol. The molecule has 2 heterocycles. The number of hydrogen-bond donors (Lipinski definition) is 3. The number of aromatic nitrogens is 1. The Morgan fingerprint density at radius 2 is 1.52 bits per heavy atom. The summed E-state index contributed by atoms with van der Waals surface area (Å²) in [6, 6.07) is 23.0. The molecule has 0 atom stereocenters. The van der Waals surface area contributed by atoms with E-state index in [0.29, 0.717) is 22.3 Å². The van der Waals surface area contributed by atoms with Gasteiger partial charge in [-0.25, -0.2) is 4.98 Å². The van der Waals surface area contributed by atoms with Crippen LogP contribution in [-0.4, -0.2) is 17.7 Å². The molecule has 0 unspecified atom stereocenters. The highest BCUT2D eigenvalue weighted by atomic mass is 32.1. The fourth-order valence-corrected chi connectivity index (χ4v) is 3.76. The van der Waals surface area contributed by atoms with Crippen LogP contribution in [0.15, 0.2) is 78.2 Å². The van der Waals surface area contributed by atoms with Gasteiger partial charge in [-0.05, 0) is 48.5 Å². The fourth-order valence-electron chi connectivity index (χ4n) is 3.05. The number of amides is 1. The molecule has 3 aromatic carbocycles. The lowest BCUT2D eigenvalue weighted by atomic mass is 10.2. The molecule has 7 nitrogen and oxygen atoms in total. The van der Waals surface area contributed by atoms with Gasteiger partial charge in [0.05, 0.1) is 0 Å². The van der Waals surface area contributed by atoms with E-state index in [4.69, 9.17) is 9.47 Å². The molecule has 0 fully saturated rings. The second-order valence-corrected chi connectivity index (χ2v) is 7.61. The minimum Gasteiger partial charge on any atom is -0.454 e. The van der Waals surface area contributed by atoms with Gasteiger partial charge in [-0.3, -0.25) is 4.79 Å². The van der Waals surface area contributed by atoms with Gasteiger partial charge in [0, 0.05) is 34.2 Å². The Morgan fingerprint density at radius 3 is 2.35 bits per heavy atom. The molecule has 8 heteroatoms. The fraction of sp³-hybridized carbons (Fsp3) is 0.0435. The van der Waals surface area contributed by atoms with Crippen LogP contribution < -0.4 is 25.4 Å². The van der Waals surface area contributed by atoms with Crippen molar-refractivity contribution < 1.29 is 14.3 Å². The highest BCUT2D eigenvalue weighted by molar-refractivity contribution is 7.14. The maximum Gasteiger partial charge on any atom is 0.275 e. The van der Waals surface area contributed by atoms with Crippen molar-refractivity contribution in [3.63, 3.8) is 0 Å². The third kappa shape index (κ3) is 4.44. The van der Waals surface area contributed by atoms with Gasteiger partial charge in [-0.2, -0.15) is 0 Å². The van der Waals surface area contributed by atoms with Crippen LogP contribution in [0.1, 0.15) is 10.5 Å². The summed E-state index contributed by atoms with van der Waals surface area (Å²) in [6.07, 6.45) is 0. The Morgan fingerprint density at radius 1 is 0.806 bits per heavy atom. The molecule has 0 spiro atoms. The largest absolute Gasteiger partial charge is 0.454 e.